The van der Waals surface area contributed by atoms with E-state index < -0.39 is 0 Å². The second kappa shape index (κ2) is 11.3. The van der Waals surface area contributed by atoms with Crippen molar-refractivity contribution in [3.05, 3.63) is 54.4 Å². The van der Waals surface area contributed by atoms with Crippen molar-refractivity contribution >= 4 is 5.96 Å². The third kappa shape index (κ3) is 7.27. The summed E-state index contributed by atoms with van der Waals surface area (Å²) in [5, 5.41) is 10.9. The van der Waals surface area contributed by atoms with E-state index in [2.05, 4.69) is 71.9 Å². The number of guanidine groups is 1. The molecule has 0 radical (unpaired) electrons. The number of nitrogens with zero attached hydrogens (tertiary/aromatic N) is 4. The fourth-order valence-corrected chi connectivity index (χ4v) is 2.61. The minimum absolute atomic E-state index is 0.370. The van der Waals surface area contributed by atoms with E-state index in [0.29, 0.717) is 6.04 Å². The number of aryl methyl sites for hydroxylation is 1. The molecule has 142 valence electrons. The Morgan fingerprint density at radius 1 is 1.23 bits per heavy atom. The number of hydrogen-bond donors (Lipinski definition) is 2. The number of hydrogen-bond acceptors (Lipinski definition) is 3. The molecule has 1 aromatic carbocycles. The van der Waals surface area contributed by atoms with E-state index in [0.717, 1.165) is 45.1 Å². The summed E-state index contributed by atoms with van der Waals surface area (Å²) in [6.45, 7) is 8.65. The molecule has 0 fully saturated rings. The van der Waals surface area contributed by atoms with Gasteiger partial charge in [-0.05, 0) is 38.9 Å². The minimum Gasteiger partial charge on any atom is -0.357 e. The molecule has 1 aromatic heterocycles. The van der Waals surface area contributed by atoms with Crippen LogP contribution in [-0.4, -0.2) is 53.4 Å². The first-order valence-corrected chi connectivity index (χ1v) is 9.42. The molecule has 2 aromatic rings. The fourth-order valence-electron chi connectivity index (χ4n) is 2.61. The van der Waals surface area contributed by atoms with Crippen LogP contribution in [-0.2, 0) is 13.1 Å². The Kier molecular flexibility index (Phi) is 8.69. The Bertz CT molecular complexity index is 623. The van der Waals surface area contributed by atoms with Crippen LogP contribution in [0.2, 0.25) is 0 Å². The minimum atomic E-state index is 0.370. The third-order valence-electron chi connectivity index (χ3n) is 4.30. The maximum atomic E-state index is 4.74. The van der Waals surface area contributed by atoms with Gasteiger partial charge >= 0.3 is 0 Å². The molecule has 6 nitrogen and oxygen atoms in total. The standard InChI is InChI=1S/C20H32N6/c1-4-21-20(22-12-8-14-26-15-9-13-24-26)23-16-18(2)25(3)17-19-10-6-5-7-11-19/h5-7,9-11,13,15,18H,4,8,12,14,16-17H2,1-3H3,(H2,21,22,23). The molecule has 0 aliphatic heterocycles. The summed E-state index contributed by atoms with van der Waals surface area (Å²) in [5.41, 5.74) is 1.33. The van der Waals surface area contributed by atoms with Crippen molar-refractivity contribution in [3.63, 3.8) is 0 Å². The number of likely N-dealkylation sites (N-methyl/N-ethyl adjacent to an activating group) is 1. The zero-order valence-electron chi connectivity index (χ0n) is 16.2. The number of aliphatic imine (C=N–C) groups is 1. The smallest absolute Gasteiger partial charge is 0.191 e. The summed E-state index contributed by atoms with van der Waals surface area (Å²) in [7, 11) is 2.15. The lowest BCUT2D eigenvalue weighted by Crippen LogP contribution is -2.39. The van der Waals surface area contributed by atoms with Gasteiger partial charge in [-0.2, -0.15) is 5.10 Å². The molecule has 2 N–H and O–H groups in total. The third-order valence-corrected chi connectivity index (χ3v) is 4.30. The van der Waals surface area contributed by atoms with Crippen LogP contribution in [0.4, 0.5) is 0 Å². The van der Waals surface area contributed by atoms with Gasteiger partial charge in [0.2, 0.25) is 0 Å². The summed E-state index contributed by atoms with van der Waals surface area (Å²) in [5.74, 6) is 0.882. The van der Waals surface area contributed by atoms with Crippen LogP contribution in [0.5, 0.6) is 0 Å². The van der Waals surface area contributed by atoms with Crippen molar-refractivity contribution in [2.24, 2.45) is 4.99 Å². The molecule has 0 aliphatic rings. The summed E-state index contributed by atoms with van der Waals surface area (Å²) >= 11 is 0. The summed E-state index contributed by atoms with van der Waals surface area (Å²) in [6, 6.07) is 12.9. The lowest BCUT2D eigenvalue weighted by Gasteiger charge is -2.24. The van der Waals surface area contributed by atoms with Gasteiger partial charge in [0.25, 0.3) is 0 Å². The van der Waals surface area contributed by atoms with Crippen LogP contribution >= 0.6 is 0 Å². The molecule has 0 saturated carbocycles. The Morgan fingerprint density at radius 2 is 2.04 bits per heavy atom. The first kappa shape index (κ1) is 20.0. The molecular weight excluding hydrogens is 324 g/mol. The monoisotopic (exact) mass is 356 g/mol. The van der Waals surface area contributed by atoms with Crippen molar-refractivity contribution in [1.82, 2.24) is 25.3 Å². The lowest BCUT2D eigenvalue weighted by atomic mass is 10.2. The quantitative estimate of drug-likeness (QED) is 0.390. The summed E-state index contributed by atoms with van der Waals surface area (Å²) in [6.07, 6.45) is 4.81. The molecule has 0 amide bonds. The average molecular weight is 357 g/mol. The van der Waals surface area contributed by atoms with Crippen molar-refractivity contribution in [1.29, 1.82) is 0 Å². The van der Waals surface area contributed by atoms with E-state index in [4.69, 9.17) is 4.99 Å². The highest BCUT2D eigenvalue weighted by molar-refractivity contribution is 5.79. The van der Waals surface area contributed by atoms with Gasteiger partial charge in [-0.1, -0.05) is 30.3 Å². The Morgan fingerprint density at radius 3 is 2.73 bits per heavy atom. The van der Waals surface area contributed by atoms with E-state index in [1.165, 1.54) is 5.56 Å². The number of aromatic nitrogens is 2. The zero-order chi connectivity index (χ0) is 18.6. The van der Waals surface area contributed by atoms with Crippen molar-refractivity contribution in [3.8, 4) is 0 Å². The van der Waals surface area contributed by atoms with Crippen LogP contribution in [0.3, 0.4) is 0 Å². The maximum absolute atomic E-state index is 4.74. The van der Waals surface area contributed by atoms with Crippen molar-refractivity contribution in [2.45, 2.75) is 39.4 Å². The fraction of sp³-hybridized carbons (Fsp3) is 0.500. The van der Waals surface area contributed by atoms with Gasteiger partial charge in [-0.3, -0.25) is 14.6 Å². The molecule has 0 aliphatic carbocycles. The number of benzene rings is 1. The highest BCUT2D eigenvalue weighted by Crippen LogP contribution is 2.06. The van der Waals surface area contributed by atoms with E-state index >= 15 is 0 Å². The van der Waals surface area contributed by atoms with Crippen LogP contribution in [0.15, 0.2) is 53.8 Å². The number of nitrogens with one attached hydrogen (secondary N) is 2. The zero-order valence-corrected chi connectivity index (χ0v) is 16.2. The lowest BCUT2D eigenvalue weighted by molar-refractivity contribution is 0.255. The van der Waals surface area contributed by atoms with E-state index in [1.54, 1.807) is 0 Å². The Labute approximate surface area is 157 Å². The van der Waals surface area contributed by atoms with Gasteiger partial charge in [-0.25, -0.2) is 0 Å². The molecule has 6 heteroatoms. The molecular formula is C20H32N6. The average Bonchev–Trinajstić information content (AvgIpc) is 3.17. The molecule has 26 heavy (non-hydrogen) atoms. The molecule has 0 spiro atoms. The SMILES string of the molecule is CCNC(=NCC(C)N(C)Cc1ccccc1)NCCCn1cccn1. The maximum Gasteiger partial charge on any atom is 0.191 e. The van der Waals surface area contributed by atoms with Gasteiger partial charge < -0.3 is 10.6 Å². The predicted octanol–water partition coefficient (Wildman–Crippen LogP) is 2.35. The van der Waals surface area contributed by atoms with E-state index in [1.807, 2.05) is 23.1 Å². The second-order valence-corrected chi connectivity index (χ2v) is 6.52. The molecule has 1 atom stereocenters. The molecule has 0 bridgehead atoms. The highest BCUT2D eigenvalue weighted by Gasteiger charge is 2.09. The normalized spacial score (nSPS) is 13.0. The van der Waals surface area contributed by atoms with Crippen LogP contribution in [0.1, 0.15) is 25.8 Å². The predicted molar refractivity (Wildman–Crippen MR) is 108 cm³/mol. The van der Waals surface area contributed by atoms with Crippen molar-refractivity contribution in [2.75, 3.05) is 26.7 Å². The van der Waals surface area contributed by atoms with Gasteiger partial charge in [0, 0.05) is 44.6 Å². The summed E-state index contributed by atoms with van der Waals surface area (Å²) < 4.78 is 1.95. The van der Waals surface area contributed by atoms with Gasteiger partial charge in [0.05, 0.1) is 6.54 Å². The van der Waals surface area contributed by atoms with Crippen LogP contribution in [0, 0.1) is 0 Å². The number of rotatable bonds is 10. The van der Waals surface area contributed by atoms with E-state index in [9.17, 15) is 0 Å². The first-order valence-electron chi connectivity index (χ1n) is 9.42. The summed E-state index contributed by atoms with van der Waals surface area (Å²) in [4.78, 5) is 7.07. The first-order chi connectivity index (χ1) is 12.7. The van der Waals surface area contributed by atoms with Gasteiger partial charge in [-0.15, -0.1) is 0 Å². The molecule has 2 rings (SSSR count). The van der Waals surface area contributed by atoms with Crippen LogP contribution < -0.4 is 10.6 Å². The van der Waals surface area contributed by atoms with Gasteiger partial charge in [0.1, 0.15) is 0 Å². The van der Waals surface area contributed by atoms with Crippen molar-refractivity contribution < 1.29 is 0 Å². The highest BCUT2D eigenvalue weighted by atomic mass is 15.3. The molecule has 1 unspecified atom stereocenters. The Hall–Kier alpha value is -2.34. The topological polar surface area (TPSA) is 57.5 Å². The molecule has 0 saturated heterocycles. The molecule has 1 heterocycles. The van der Waals surface area contributed by atoms with Gasteiger partial charge in [0.15, 0.2) is 5.96 Å². The Balaban J connectivity index is 1.75. The van der Waals surface area contributed by atoms with E-state index in [-0.39, 0.29) is 0 Å². The second-order valence-electron chi connectivity index (χ2n) is 6.52. The van der Waals surface area contributed by atoms with Crippen LogP contribution in [0.25, 0.3) is 0 Å². The largest absolute Gasteiger partial charge is 0.357 e.